The molecular formula is C19H24N2O4. The number of likely N-dealkylation sites (N-methyl/N-ethyl adjacent to an activating group) is 1. The van der Waals surface area contributed by atoms with Gasteiger partial charge in [-0.25, -0.2) is 0 Å². The maximum absolute atomic E-state index is 12.0. The van der Waals surface area contributed by atoms with Gasteiger partial charge in [0.2, 0.25) is 0 Å². The molecule has 0 bridgehead atoms. The molecule has 0 aliphatic rings. The fraction of sp³-hybridized carbons (Fsp3) is 0.368. The van der Waals surface area contributed by atoms with E-state index in [2.05, 4.69) is 16.5 Å². The molecule has 6 nitrogen and oxygen atoms in total. The highest BCUT2D eigenvalue weighted by atomic mass is 16.5. The van der Waals surface area contributed by atoms with E-state index in [4.69, 9.17) is 9.84 Å². The summed E-state index contributed by atoms with van der Waals surface area (Å²) in [4.78, 5) is 27.9. The minimum absolute atomic E-state index is 0.0374. The molecule has 2 aromatic rings. The number of hydrogen-bond donors (Lipinski definition) is 2. The number of aromatic nitrogens is 1. The summed E-state index contributed by atoms with van der Waals surface area (Å²) in [5.41, 5.74) is 2.00. The molecule has 0 fully saturated rings. The lowest BCUT2D eigenvalue weighted by atomic mass is 10.1. The fourth-order valence-electron chi connectivity index (χ4n) is 2.68. The van der Waals surface area contributed by atoms with Crippen molar-refractivity contribution >= 4 is 22.8 Å². The number of hydrogen-bond acceptors (Lipinski definition) is 4. The molecule has 1 aromatic carbocycles. The van der Waals surface area contributed by atoms with E-state index in [0.29, 0.717) is 5.75 Å². The second-order valence-electron chi connectivity index (χ2n) is 6.01. The third kappa shape index (κ3) is 5.46. The minimum Gasteiger partial charge on any atom is -0.481 e. The summed E-state index contributed by atoms with van der Waals surface area (Å²) in [6, 6.07) is 5.53. The van der Waals surface area contributed by atoms with Gasteiger partial charge in [-0.05, 0) is 37.6 Å². The molecule has 134 valence electrons. The SMILES string of the molecule is C=CCN(C)CCc1c[nH]c2cccc(OC(=O)CCCC(=O)O)c12. The van der Waals surface area contributed by atoms with Crippen molar-refractivity contribution in [3.63, 3.8) is 0 Å². The Morgan fingerprint density at radius 1 is 1.36 bits per heavy atom. The van der Waals surface area contributed by atoms with Gasteiger partial charge in [0.25, 0.3) is 0 Å². The number of esters is 1. The number of H-pyrrole nitrogens is 1. The number of nitrogens with zero attached hydrogens (tertiary/aromatic N) is 1. The zero-order valence-electron chi connectivity index (χ0n) is 14.5. The molecule has 2 N–H and O–H groups in total. The Morgan fingerprint density at radius 2 is 2.16 bits per heavy atom. The first-order valence-corrected chi connectivity index (χ1v) is 8.32. The highest BCUT2D eigenvalue weighted by Gasteiger charge is 2.13. The second kappa shape index (κ2) is 9.03. The van der Waals surface area contributed by atoms with Crippen LogP contribution in [-0.2, 0) is 16.0 Å². The van der Waals surface area contributed by atoms with E-state index in [9.17, 15) is 9.59 Å². The van der Waals surface area contributed by atoms with Crippen molar-refractivity contribution in [2.45, 2.75) is 25.7 Å². The lowest BCUT2D eigenvalue weighted by Gasteiger charge is -2.14. The van der Waals surface area contributed by atoms with E-state index in [1.165, 1.54) is 0 Å². The smallest absolute Gasteiger partial charge is 0.311 e. The molecule has 0 unspecified atom stereocenters. The standard InChI is InChI=1S/C19H24N2O4/c1-3-11-21(2)12-10-14-13-20-15-6-4-7-16(19(14)15)25-18(24)9-5-8-17(22)23/h3-4,6-7,13,20H,1,5,8-12H2,2H3,(H,22,23). The van der Waals surface area contributed by atoms with Gasteiger partial charge < -0.3 is 19.7 Å². The summed E-state index contributed by atoms with van der Waals surface area (Å²) in [5, 5.41) is 9.55. The monoisotopic (exact) mass is 344 g/mol. The van der Waals surface area contributed by atoms with Crippen molar-refractivity contribution in [2.75, 3.05) is 20.1 Å². The number of aliphatic carboxylic acids is 1. The Labute approximate surface area is 147 Å². The van der Waals surface area contributed by atoms with Gasteiger partial charge in [-0.2, -0.15) is 0 Å². The Balaban J connectivity index is 2.08. The summed E-state index contributed by atoms with van der Waals surface area (Å²) in [5.74, 6) is -0.809. The van der Waals surface area contributed by atoms with Gasteiger partial charge in [-0.1, -0.05) is 12.1 Å². The number of aromatic amines is 1. The first kappa shape index (κ1) is 18.7. The van der Waals surface area contributed by atoms with E-state index in [1.54, 1.807) is 6.07 Å². The Kier molecular flexibility index (Phi) is 6.77. The molecule has 0 radical (unpaired) electrons. The maximum Gasteiger partial charge on any atom is 0.311 e. The molecule has 0 saturated heterocycles. The Hall–Kier alpha value is -2.60. The first-order valence-electron chi connectivity index (χ1n) is 8.32. The van der Waals surface area contributed by atoms with Crippen LogP contribution in [0.15, 0.2) is 37.1 Å². The molecule has 1 aromatic heterocycles. The number of nitrogens with one attached hydrogen (secondary N) is 1. The van der Waals surface area contributed by atoms with Crippen LogP contribution in [-0.4, -0.2) is 47.1 Å². The van der Waals surface area contributed by atoms with Crippen molar-refractivity contribution in [3.8, 4) is 5.75 Å². The van der Waals surface area contributed by atoms with Gasteiger partial charge in [0.1, 0.15) is 5.75 Å². The summed E-state index contributed by atoms with van der Waals surface area (Å²) >= 11 is 0. The number of carbonyl (C=O) groups is 2. The molecule has 2 rings (SSSR count). The number of carboxylic acid groups (broad SMARTS) is 1. The van der Waals surface area contributed by atoms with E-state index in [-0.39, 0.29) is 19.3 Å². The van der Waals surface area contributed by atoms with Crippen LogP contribution < -0.4 is 4.74 Å². The topological polar surface area (TPSA) is 82.6 Å². The minimum atomic E-state index is -0.911. The fourth-order valence-corrected chi connectivity index (χ4v) is 2.68. The summed E-state index contributed by atoms with van der Waals surface area (Å²) in [6.07, 6.45) is 4.94. The number of carbonyl (C=O) groups excluding carboxylic acids is 1. The normalized spacial score (nSPS) is 11.0. The van der Waals surface area contributed by atoms with Crippen molar-refractivity contribution in [1.29, 1.82) is 0 Å². The average molecular weight is 344 g/mol. The van der Waals surface area contributed by atoms with Crippen LogP contribution in [0.1, 0.15) is 24.8 Å². The van der Waals surface area contributed by atoms with E-state index >= 15 is 0 Å². The number of ether oxygens (including phenoxy) is 1. The van der Waals surface area contributed by atoms with Crippen LogP contribution in [0.4, 0.5) is 0 Å². The number of fused-ring (bicyclic) bond motifs is 1. The first-order chi connectivity index (χ1) is 12.0. The number of carboxylic acids is 1. The quantitative estimate of drug-likeness (QED) is 0.393. The summed E-state index contributed by atoms with van der Waals surface area (Å²) in [7, 11) is 2.03. The van der Waals surface area contributed by atoms with Gasteiger partial charge >= 0.3 is 11.9 Å². The average Bonchev–Trinajstić information content (AvgIpc) is 2.97. The zero-order valence-corrected chi connectivity index (χ0v) is 14.5. The van der Waals surface area contributed by atoms with E-state index in [0.717, 1.165) is 36.0 Å². The molecule has 25 heavy (non-hydrogen) atoms. The molecule has 0 aliphatic heterocycles. The predicted molar refractivity (Wildman–Crippen MR) is 96.8 cm³/mol. The largest absolute Gasteiger partial charge is 0.481 e. The molecule has 0 saturated carbocycles. The highest BCUT2D eigenvalue weighted by molar-refractivity contribution is 5.91. The lowest BCUT2D eigenvalue weighted by Crippen LogP contribution is -2.20. The van der Waals surface area contributed by atoms with Crippen LogP contribution >= 0.6 is 0 Å². The van der Waals surface area contributed by atoms with Crippen LogP contribution in [0, 0.1) is 0 Å². The zero-order chi connectivity index (χ0) is 18.2. The molecule has 0 atom stereocenters. The van der Waals surface area contributed by atoms with Crippen molar-refractivity contribution in [2.24, 2.45) is 0 Å². The maximum atomic E-state index is 12.0. The predicted octanol–water partition coefficient (Wildman–Crippen LogP) is 2.99. The third-order valence-electron chi connectivity index (χ3n) is 3.95. The van der Waals surface area contributed by atoms with Crippen LogP contribution in [0.5, 0.6) is 5.75 Å². The van der Waals surface area contributed by atoms with E-state index in [1.807, 2.05) is 31.5 Å². The van der Waals surface area contributed by atoms with Gasteiger partial charge in [0.05, 0.1) is 0 Å². The summed E-state index contributed by atoms with van der Waals surface area (Å²) in [6.45, 7) is 5.41. The second-order valence-corrected chi connectivity index (χ2v) is 6.01. The van der Waals surface area contributed by atoms with Gasteiger partial charge in [0, 0.05) is 43.0 Å². The highest BCUT2D eigenvalue weighted by Crippen LogP contribution is 2.29. The molecule has 0 amide bonds. The van der Waals surface area contributed by atoms with Crippen LogP contribution in [0.3, 0.4) is 0 Å². The van der Waals surface area contributed by atoms with Gasteiger partial charge in [-0.15, -0.1) is 6.58 Å². The number of rotatable bonds is 10. The van der Waals surface area contributed by atoms with Crippen molar-refractivity contribution in [3.05, 3.63) is 42.6 Å². The molecule has 0 spiro atoms. The number of benzene rings is 1. The molecule has 0 aliphatic carbocycles. The van der Waals surface area contributed by atoms with Gasteiger partial charge in [0.15, 0.2) is 0 Å². The Bertz CT molecular complexity index is 751. The van der Waals surface area contributed by atoms with Crippen LogP contribution in [0.25, 0.3) is 10.9 Å². The van der Waals surface area contributed by atoms with Gasteiger partial charge in [-0.3, -0.25) is 9.59 Å². The summed E-state index contributed by atoms with van der Waals surface area (Å²) < 4.78 is 5.48. The lowest BCUT2D eigenvalue weighted by molar-refractivity contribution is -0.137. The molecule has 6 heteroatoms. The third-order valence-corrected chi connectivity index (χ3v) is 3.95. The Morgan fingerprint density at radius 3 is 2.88 bits per heavy atom. The van der Waals surface area contributed by atoms with Crippen LogP contribution in [0.2, 0.25) is 0 Å². The molecular weight excluding hydrogens is 320 g/mol. The van der Waals surface area contributed by atoms with Crippen molar-refractivity contribution < 1.29 is 19.4 Å². The van der Waals surface area contributed by atoms with E-state index < -0.39 is 11.9 Å². The molecule has 1 heterocycles. The van der Waals surface area contributed by atoms with Crippen molar-refractivity contribution in [1.82, 2.24) is 9.88 Å².